The number of rotatable bonds is 6. The Balaban J connectivity index is 1.58. The van der Waals surface area contributed by atoms with Crippen molar-refractivity contribution in [3.8, 4) is 11.3 Å². The van der Waals surface area contributed by atoms with Gasteiger partial charge in [0.2, 0.25) is 0 Å². The van der Waals surface area contributed by atoms with Crippen LogP contribution in [0.2, 0.25) is 0 Å². The predicted molar refractivity (Wildman–Crippen MR) is 103 cm³/mol. The Morgan fingerprint density at radius 2 is 1.92 bits per heavy atom. The molecule has 0 amide bonds. The highest BCUT2D eigenvalue weighted by molar-refractivity contribution is 5.66. The zero-order valence-corrected chi connectivity index (χ0v) is 15.1. The summed E-state index contributed by atoms with van der Waals surface area (Å²) in [4.78, 5) is 11.4. The van der Waals surface area contributed by atoms with Gasteiger partial charge in [0.25, 0.3) is 0 Å². The molecule has 0 bridgehead atoms. The van der Waals surface area contributed by atoms with E-state index in [0.717, 1.165) is 47.9 Å². The molecule has 3 aromatic heterocycles. The highest BCUT2D eigenvalue weighted by atomic mass is 15.3. The zero-order chi connectivity index (χ0) is 17.9. The second-order valence-corrected chi connectivity index (χ2v) is 6.45. The average Bonchev–Trinajstić information content (AvgIpc) is 3.30. The molecule has 26 heavy (non-hydrogen) atoms. The van der Waals surface area contributed by atoms with E-state index in [9.17, 15) is 0 Å². The van der Waals surface area contributed by atoms with Crippen LogP contribution in [0.3, 0.4) is 0 Å². The van der Waals surface area contributed by atoms with Crippen molar-refractivity contribution in [2.75, 3.05) is 18.5 Å². The van der Waals surface area contributed by atoms with E-state index in [0.29, 0.717) is 0 Å². The molecule has 0 aliphatic heterocycles. The first kappa shape index (κ1) is 16.3. The lowest BCUT2D eigenvalue weighted by Crippen LogP contribution is -2.22. The van der Waals surface area contributed by atoms with Crippen molar-refractivity contribution in [3.05, 3.63) is 66.9 Å². The molecule has 0 unspecified atom stereocenters. The van der Waals surface area contributed by atoms with Crippen LogP contribution in [0.4, 0.5) is 5.82 Å². The fraction of sp³-hybridized carbons (Fsp3) is 0.250. The first-order valence-corrected chi connectivity index (χ1v) is 8.80. The van der Waals surface area contributed by atoms with Crippen LogP contribution in [-0.4, -0.2) is 37.7 Å². The normalized spacial score (nSPS) is 11.2. The van der Waals surface area contributed by atoms with E-state index >= 15 is 0 Å². The lowest BCUT2D eigenvalue weighted by Gasteiger charge is -2.20. The van der Waals surface area contributed by atoms with E-state index in [4.69, 9.17) is 4.98 Å². The molecule has 0 spiro atoms. The van der Waals surface area contributed by atoms with Crippen LogP contribution in [0.25, 0.3) is 16.9 Å². The molecule has 3 heterocycles. The SMILES string of the molecule is CN(CCCc1nccn1C)c1cc(-c2ccccc2)nc2ccnn12. The van der Waals surface area contributed by atoms with E-state index in [2.05, 4.69) is 44.8 Å². The van der Waals surface area contributed by atoms with Crippen molar-refractivity contribution >= 4 is 11.5 Å². The smallest absolute Gasteiger partial charge is 0.157 e. The van der Waals surface area contributed by atoms with Gasteiger partial charge in [-0.15, -0.1) is 0 Å². The van der Waals surface area contributed by atoms with Crippen LogP contribution in [0.5, 0.6) is 0 Å². The summed E-state index contributed by atoms with van der Waals surface area (Å²) in [6, 6.07) is 14.3. The summed E-state index contributed by atoms with van der Waals surface area (Å²) in [7, 11) is 4.14. The van der Waals surface area contributed by atoms with Gasteiger partial charge in [0.05, 0.1) is 11.9 Å². The van der Waals surface area contributed by atoms with Crippen molar-refractivity contribution in [1.29, 1.82) is 0 Å². The maximum atomic E-state index is 4.74. The lowest BCUT2D eigenvalue weighted by atomic mass is 10.1. The molecular weight excluding hydrogens is 324 g/mol. The van der Waals surface area contributed by atoms with Crippen LogP contribution in [0, 0.1) is 0 Å². The van der Waals surface area contributed by atoms with Gasteiger partial charge in [0.1, 0.15) is 11.6 Å². The van der Waals surface area contributed by atoms with E-state index in [-0.39, 0.29) is 0 Å². The number of imidazole rings is 1. The van der Waals surface area contributed by atoms with Crippen LogP contribution in [-0.2, 0) is 13.5 Å². The van der Waals surface area contributed by atoms with Gasteiger partial charge in [-0.2, -0.15) is 9.61 Å². The molecule has 0 saturated carbocycles. The Bertz CT molecular complexity index is 1000. The number of hydrogen-bond donors (Lipinski definition) is 0. The third kappa shape index (κ3) is 3.18. The summed E-state index contributed by atoms with van der Waals surface area (Å²) in [5, 5.41) is 4.44. The summed E-state index contributed by atoms with van der Waals surface area (Å²) >= 11 is 0. The summed E-state index contributed by atoms with van der Waals surface area (Å²) in [6.07, 6.45) is 7.60. The summed E-state index contributed by atoms with van der Waals surface area (Å²) < 4.78 is 3.97. The van der Waals surface area contributed by atoms with Crippen LogP contribution in [0.1, 0.15) is 12.2 Å². The van der Waals surface area contributed by atoms with Gasteiger partial charge >= 0.3 is 0 Å². The molecule has 0 aliphatic rings. The molecule has 1 aromatic carbocycles. The van der Waals surface area contributed by atoms with Gasteiger partial charge < -0.3 is 9.47 Å². The number of nitrogens with zero attached hydrogens (tertiary/aromatic N) is 6. The average molecular weight is 346 g/mol. The van der Waals surface area contributed by atoms with Crippen LogP contribution in [0.15, 0.2) is 61.1 Å². The molecule has 0 aliphatic carbocycles. The lowest BCUT2D eigenvalue weighted by molar-refractivity contribution is 0.704. The summed E-state index contributed by atoms with van der Waals surface area (Å²) in [5.41, 5.74) is 2.93. The predicted octanol–water partition coefficient (Wildman–Crippen LogP) is 3.20. The number of aryl methyl sites for hydroxylation is 2. The molecule has 6 nitrogen and oxygen atoms in total. The van der Waals surface area contributed by atoms with Gasteiger partial charge in [-0.3, -0.25) is 0 Å². The molecule has 4 rings (SSSR count). The topological polar surface area (TPSA) is 51.2 Å². The largest absolute Gasteiger partial charge is 0.359 e. The maximum absolute atomic E-state index is 4.74. The first-order chi connectivity index (χ1) is 12.7. The molecule has 0 radical (unpaired) electrons. The van der Waals surface area contributed by atoms with Gasteiger partial charge in [-0.05, 0) is 6.42 Å². The minimum absolute atomic E-state index is 0.859. The number of anilines is 1. The van der Waals surface area contributed by atoms with Gasteiger partial charge in [-0.1, -0.05) is 30.3 Å². The van der Waals surface area contributed by atoms with Crippen molar-refractivity contribution in [2.24, 2.45) is 7.05 Å². The Hall–Kier alpha value is -3.15. The van der Waals surface area contributed by atoms with Crippen molar-refractivity contribution in [1.82, 2.24) is 24.1 Å². The van der Waals surface area contributed by atoms with E-state index in [1.165, 1.54) is 0 Å². The van der Waals surface area contributed by atoms with Crippen molar-refractivity contribution < 1.29 is 0 Å². The van der Waals surface area contributed by atoms with Gasteiger partial charge in [0.15, 0.2) is 5.65 Å². The third-order valence-corrected chi connectivity index (χ3v) is 4.62. The van der Waals surface area contributed by atoms with Gasteiger partial charge in [0, 0.05) is 57.2 Å². The summed E-state index contributed by atoms with van der Waals surface area (Å²) in [5.74, 6) is 2.15. The Morgan fingerprint density at radius 3 is 2.69 bits per heavy atom. The van der Waals surface area contributed by atoms with Crippen LogP contribution < -0.4 is 4.90 Å². The Kier molecular flexibility index (Phi) is 4.39. The zero-order valence-electron chi connectivity index (χ0n) is 15.1. The Labute approximate surface area is 152 Å². The quantitative estimate of drug-likeness (QED) is 0.538. The second-order valence-electron chi connectivity index (χ2n) is 6.45. The highest BCUT2D eigenvalue weighted by Crippen LogP contribution is 2.24. The highest BCUT2D eigenvalue weighted by Gasteiger charge is 2.12. The van der Waals surface area contributed by atoms with Gasteiger partial charge in [-0.25, -0.2) is 9.97 Å². The van der Waals surface area contributed by atoms with E-state index in [1.54, 1.807) is 6.20 Å². The minimum Gasteiger partial charge on any atom is -0.359 e. The molecule has 132 valence electrons. The number of aromatic nitrogens is 5. The van der Waals surface area contributed by atoms with Crippen molar-refractivity contribution in [2.45, 2.75) is 12.8 Å². The molecule has 0 N–H and O–H groups in total. The standard InChI is InChI=1S/C20H22N6/c1-24-14-12-21-18(24)9-6-13-25(2)20-15-17(16-7-4-3-5-8-16)23-19-10-11-22-26(19)20/h3-5,7-8,10-12,14-15H,6,9,13H2,1-2H3. The molecular formula is C20H22N6. The number of fused-ring (bicyclic) bond motifs is 1. The molecule has 0 saturated heterocycles. The fourth-order valence-electron chi connectivity index (χ4n) is 3.15. The van der Waals surface area contributed by atoms with E-state index < -0.39 is 0 Å². The number of hydrogen-bond acceptors (Lipinski definition) is 4. The monoisotopic (exact) mass is 346 g/mol. The molecule has 4 aromatic rings. The molecule has 6 heteroatoms. The van der Waals surface area contributed by atoms with Crippen molar-refractivity contribution in [3.63, 3.8) is 0 Å². The second kappa shape index (κ2) is 7.00. The first-order valence-electron chi connectivity index (χ1n) is 8.80. The van der Waals surface area contributed by atoms with E-state index in [1.807, 2.05) is 48.2 Å². The molecule has 0 fully saturated rings. The minimum atomic E-state index is 0.859. The Morgan fingerprint density at radius 1 is 1.08 bits per heavy atom. The maximum Gasteiger partial charge on any atom is 0.157 e. The molecule has 0 atom stereocenters. The number of benzene rings is 1. The van der Waals surface area contributed by atoms with Crippen LogP contribution >= 0.6 is 0 Å². The fourth-order valence-corrected chi connectivity index (χ4v) is 3.15. The third-order valence-electron chi connectivity index (χ3n) is 4.62. The summed E-state index contributed by atoms with van der Waals surface area (Å²) in [6.45, 7) is 0.917.